The maximum absolute atomic E-state index is 12.4. The Morgan fingerprint density at radius 1 is 1.10 bits per heavy atom. The van der Waals surface area contributed by atoms with Crippen LogP contribution in [0.4, 0.5) is 0 Å². The lowest BCUT2D eigenvalue weighted by atomic mass is 10.4. The molecule has 0 radical (unpaired) electrons. The van der Waals surface area contributed by atoms with Crippen molar-refractivity contribution < 1.29 is 8.42 Å². The third kappa shape index (κ3) is 5.29. The Balaban J connectivity index is 2.35. The summed E-state index contributed by atoms with van der Waals surface area (Å²) in [6.45, 7) is 10.6. The predicted octanol–water partition coefficient (Wildman–Crippen LogP) is 0.190. The Kier molecular flexibility index (Phi) is 7.98. The van der Waals surface area contributed by atoms with Gasteiger partial charge in [0.2, 0.25) is 0 Å². The zero-order valence-electron chi connectivity index (χ0n) is 13.1. The van der Waals surface area contributed by atoms with Crippen molar-refractivity contribution in [3.63, 3.8) is 0 Å². The van der Waals surface area contributed by atoms with Crippen LogP contribution in [0, 0.1) is 0 Å². The molecule has 0 aromatic carbocycles. The fourth-order valence-electron chi connectivity index (χ4n) is 2.32. The molecular formula is C13H30N4O2S. The summed E-state index contributed by atoms with van der Waals surface area (Å²) in [5.74, 6) is 0. The van der Waals surface area contributed by atoms with Gasteiger partial charge >= 0.3 is 0 Å². The predicted molar refractivity (Wildman–Crippen MR) is 83.0 cm³/mol. The molecular weight excluding hydrogens is 276 g/mol. The molecule has 1 heterocycles. The Morgan fingerprint density at radius 2 is 1.75 bits per heavy atom. The van der Waals surface area contributed by atoms with Crippen LogP contribution in [-0.2, 0) is 10.2 Å². The van der Waals surface area contributed by atoms with Crippen LogP contribution >= 0.6 is 0 Å². The van der Waals surface area contributed by atoms with Crippen LogP contribution in [-0.4, -0.2) is 81.3 Å². The third-order valence-electron chi connectivity index (χ3n) is 3.75. The number of hydrogen-bond donors (Lipinski definition) is 1. The smallest absolute Gasteiger partial charge is 0.281 e. The number of hydrogen-bond acceptors (Lipinski definition) is 4. The van der Waals surface area contributed by atoms with Gasteiger partial charge in [-0.1, -0.05) is 13.8 Å². The number of rotatable bonds is 9. The minimum Gasteiger partial charge on any atom is -0.317 e. The number of piperazine rings is 1. The maximum atomic E-state index is 12.4. The zero-order valence-corrected chi connectivity index (χ0v) is 14.0. The average molecular weight is 306 g/mol. The molecule has 1 aliphatic rings. The highest BCUT2D eigenvalue weighted by atomic mass is 32.2. The van der Waals surface area contributed by atoms with Crippen molar-refractivity contribution in [3.05, 3.63) is 0 Å². The first-order chi connectivity index (χ1) is 9.52. The molecule has 0 amide bonds. The summed E-state index contributed by atoms with van der Waals surface area (Å²) in [6, 6.07) is 0. The highest BCUT2D eigenvalue weighted by molar-refractivity contribution is 7.86. The SMILES string of the molecule is CCCNCCCN(C)S(=O)(=O)N1CCN(CC)CC1. The molecule has 0 aliphatic carbocycles. The van der Waals surface area contributed by atoms with E-state index < -0.39 is 10.2 Å². The van der Waals surface area contributed by atoms with Crippen molar-refractivity contribution in [2.45, 2.75) is 26.7 Å². The topological polar surface area (TPSA) is 55.9 Å². The monoisotopic (exact) mass is 306 g/mol. The van der Waals surface area contributed by atoms with E-state index in [-0.39, 0.29) is 0 Å². The second-order valence-electron chi connectivity index (χ2n) is 5.27. The largest absolute Gasteiger partial charge is 0.317 e. The summed E-state index contributed by atoms with van der Waals surface area (Å²) in [4.78, 5) is 2.28. The first kappa shape index (κ1) is 17.8. The lowest BCUT2D eigenvalue weighted by molar-refractivity contribution is 0.190. The molecule has 0 bridgehead atoms. The van der Waals surface area contributed by atoms with Crippen molar-refractivity contribution in [2.24, 2.45) is 0 Å². The Hall–Kier alpha value is -0.210. The van der Waals surface area contributed by atoms with E-state index in [1.165, 1.54) is 4.31 Å². The molecule has 1 fully saturated rings. The summed E-state index contributed by atoms with van der Waals surface area (Å²) in [5, 5.41) is 3.29. The summed E-state index contributed by atoms with van der Waals surface area (Å²) < 4.78 is 27.9. The van der Waals surface area contributed by atoms with Crippen LogP contribution in [0.3, 0.4) is 0 Å². The summed E-state index contributed by atoms with van der Waals surface area (Å²) in [6.07, 6.45) is 1.96. The molecule has 7 heteroatoms. The van der Waals surface area contributed by atoms with Gasteiger partial charge in [-0.15, -0.1) is 0 Å². The van der Waals surface area contributed by atoms with Gasteiger partial charge < -0.3 is 10.2 Å². The molecule has 120 valence electrons. The number of nitrogens with zero attached hydrogens (tertiary/aromatic N) is 3. The van der Waals surface area contributed by atoms with E-state index >= 15 is 0 Å². The lowest BCUT2D eigenvalue weighted by Gasteiger charge is -2.35. The van der Waals surface area contributed by atoms with Crippen LogP contribution in [0.1, 0.15) is 26.7 Å². The molecule has 0 spiro atoms. The van der Waals surface area contributed by atoms with E-state index in [0.29, 0.717) is 19.6 Å². The van der Waals surface area contributed by atoms with Crippen LogP contribution in [0.15, 0.2) is 0 Å². The Bertz CT molecular complexity index is 353. The van der Waals surface area contributed by atoms with Gasteiger partial charge in [0.25, 0.3) is 10.2 Å². The highest BCUT2D eigenvalue weighted by Gasteiger charge is 2.29. The minimum atomic E-state index is -3.27. The van der Waals surface area contributed by atoms with Crippen molar-refractivity contribution >= 4 is 10.2 Å². The molecule has 20 heavy (non-hydrogen) atoms. The number of nitrogens with one attached hydrogen (secondary N) is 1. The van der Waals surface area contributed by atoms with Gasteiger partial charge in [-0.05, 0) is 32.5 Å². The van der Waals surface area contributed by atoms with E-state index in [9.17, 15) is 8.42 Å². The van der Waals surface area contributed by atoms with Gasteiger partial charge in [0.1, 0.15) is 0 Å². The molecule has 0 saturated carbocycles. The second kappa shape index (κ2) is 8.94. The van der Waals surface area contributed by atoms with Gasteiger partial charge in [0.15, 0.2) is 0 Å². The van der Waals surface area contributed by atoms with Crippen molar-refractivity contribution in [1.29, 1.82) is 0 Å². The average Bonchev–Trinajstić information content (AvgIpc) is 2.46. The quantitative estimate of drug-likeness (QED) is 0.618. The minimum absolute atomic E-state index is 0.576. The molecule has 0 aromatic heterocycles. The third-order valence-corrected chi connectivity index (χ3v) is 5.74. The first-order valence-electron chi connectivity index (χ1n) is 7.66. The van der Waals surface area contributed by atoms with E-state index in [1.54, 1.807) is 11.4 Å². The lowest BCUT2D eigenvalue weighted by Crippen LogP contribution is -2.52. The van der Waals surface area contributed by atoms with Gasteiger partial charge in [0.05, 0.1) is 0 Å². The van der Waals surface area contributed by atoms with E-state index in [1.807, 2.05) is 0 Å². The standard InChI is InChI=1S/C13H30N4O2S/c1-4-7-14-8-6-9-15(3)20(18,19)17-12-10-16(5-2)11-13-17/h14H,4-13H2,1-3H3. The van der Waals surface area contributed by atoms with E-state index in [4.69, 9.17) is 0 Å². The zero-order chi connectivity index (χ0) is 15.0. The van der Waals surface area contributed by atoms with Crippen LogP contribution < -0.4 is 5.32 Å². The van der Waals surface area contributed by atoms with Gasteiger partial charge in [-0.2, -0.15) is 17.0 Å². The summed E-state index contributed by atoms with van der Waals surface area (Å²) in [7, 11) is -1.59. The van der Waals surface area contributed by atoms with Crippen LogP contribution in [0.2, 0.25) is 0 Å². The molecule has 0 aromatic rings. The van der Waals surface area contributed by atoms with Crippen molar-refractivity contribution in [3.8, 4) is 0 Å². The normalized spacial score (nSPS) is 18.8. The van der Waals surface area contributed by atoms with Gasteiger partial charge in [-0.3, -0.25) is 0 Å². The summed E-state index contributed by atoms with van der Waals surface area (Å²) >= 11 is 0. The fraction of sp³-hybridized carbons (Fsp3) is 1.00. The second-order valence-corrected chi connectivity index (χ2v) is 7.30. The van der Waals surface area contributed by atoms with Crippen molar-refractivity contribution in [1.82, 2.24) is 18.8 Å². The molecule has 1 saturated heterocycles. The van der Waals surface area contributed by atoms with Gasteiger partial charge in [-0.25, -0.2) is 0 Å². The molecule has 1 aliphatic heterocycles. The Morgan fingerprint density at radius 3 is 2.30 bits per heavy atom. The Labute approximate surface area is 124 Å². The molecule has 1 rings (SSSR count). The summed E-state index contributed by atoms with van der Waals surface area (Å²) in [5.41, 5.74) is 0. The fourth-order valence-corrected chi connectivity index (χ4v) is 3.70. The molecule has 1 N–H and O–H groups in total. The molecule has 0 atom stereocenters. The van der Waals surface area contributed by atoms with Crippen LogP contribution in [0.5, 0.6) is 0 Å². The molecule has 0 unspecified atom stereocenters. The van der Waals surface area contributed by atoms with E-state index in [2.05, 4.69) is 24.1 Å². The first-order valence-corrected chi connectivity index (χ1v) is 9.06. The van der Waals surface area contributed by atoms with Crippen molar-refractivity contribution in [2.75, 3.05) is 59.4 Å². The van der Waals surface area contributed by atoms with E-state index in [0.717, 1.165) is 45.6 Å². The number of likely N-dealkylation sites (N-methyl/N-ethyl adjacent to an activating group) is 1. The molecule has 6 nitrogen and oxygen atoms in total. The maximum Gasteiger partial charge on any atom is 0.281 e. The van der Waals surface area contributed by atoms with Crippen LogP contribution in [0.25, 0.3) is 0 Å². The highest BCUT2D eigenvalue weighted by Crippen LogP contribution is 2.10. The van der Waals surface area contributed by atoms with Gasteiger partial charge in [0, 0.05) is 39.8 Å².